The number of anilines is 1. The maximum absolute atomic E-state index is 11.9. The zero-order valence-electron chi connectivity index (χ0n) is 9.95. The maximum atomic E-state index is 11.9. The van der Waals surface area contributed by atoms with Gasteiger partial charge in [-0.05, 0) is 31.2 Å². The van der Waals surface area contributed by atoms with E-state index in [9.17, 15) is 13.2 Å². The van der Waals surface area contributed by atoms with Gasteiger partial charge in [-0.2, -0.15) is 8.42 Å². The lowest BCUT2D eigenvalue weighted by Gasteiger charge is -2.05. The summed E-state index contributed by atoms with van der Waals surface area (Å²) < 4.78 is 30.9. The molecule has 0 fully saturated rings. The van der Waals surface area contributed by atoms with Gasteiger partial charge in [0.25, 0.3) is 10.0 Å². The number of carboxylic acids is 1. The lowest BCUT2D eigenvalue weighted by Crippen LogP contribution is -2.12. The first-order valence-corrected chi connectivity index (χ1v) is 6.79. The first-order chi connectivity index (χ1) is 8.88. The normalized spacial score (nSPS) is 11.2. The van der Waals surface area contributed by atoms with Crippen molar-refractivity contribution in [2.24, 2.45) is 0 Å². The number of carbonyl (C=O) groups is 1. The molecule has 2 N–H and O–H groups in total. The zero-order valence-corrected chi connectivity index (χ0v) is 10.8. The van der Waals surface area contributed by atoms with E-state index in [1.807, 2.05) is 6.92 Å². The third-order valence-corrected chi connectivity index (χ3v) is 3.61. The quantitative estimate of drug-likeness (QED) is 0.894. The van der Waals surface area contributed by atoms with Gasteiger partial charge in [0.1, 0.15) is 0 Å². The number of sulfonamides is 1. The third-order valence-electron chi connectivity index (χ3n) is 2.36. The molecule has 0 aliphatic carbocycles. The van der Waals surface area contributed by atoms with Crippen LogP contribution in [0.15, 0.2) is 45.9 Å². The van der Waals surface area contributed by atoms with Gasteiger partial charge in [-0.15, -0.1) is 0 Å². The van der Waals surface area contributed by atoms with Crippen molar-refractivity contribution in [1.29, 1.82) is 0 Å². The number of hydrogen-bond acceptors (Lipinski definition) is 4. The SMILES string of the molecule is Cc1ccc(NS(=O)(=O)c2ccc(C(=O)O)o2)cc1. The van der Waals surface area contributed by atoms with E-state index in [2.05, 4.69) is 4.72 Å². The summed E-state index contributed by atoms with van der Waals surface area (Å²) in [5.74, 6) is -1.75. The maximum Gasteiger partial charge on any atom is 0.371 e. The highest BCUT2D eigenvalue weighted by molar-refractivity contribution is 7.92. The van der Waals surface area contributed by atoms with Crippen LogP contribution in [0.2, 0.25) is 0 Å². The second-order valence-corrected chi connectivity index (χ2v) is 5.51. The van der Waals surface area contributed by atoms with Gasteiger partial charge in [0, 0.05) is 5.69 Å². The molecule has 0 atom stereocenters. The number of carboxylic acid groups (broad SMARTS) is 1. The predicted octanol–water partition coefficient (Wildman–Crippen LogP) is 2.09. The number of hydrogen-bond donors (Lipinski definition) is 2. The van der Waals surface area contributed by atoms with Crippen molar-refractivity contribution in [3.05, 3.63) is 47.7 Å². The molecule has 0 unspecified atom stereocenters. The minimum absolute atomic E-state index is 0.374. The van der Waals surface area contributed by atoms with Crippen LogP contribution in [0.1, 0.15) is 16.1 Å². The molecule has 0 spiro atoms. The van der Waals surface area contributed by atoms with Gasteiger partial charge in [-0.1, -0.05) is 17.7 Å². The lowest BCUT2D eigenvalue weighted by molar-refractivity contribution is 0.0656. The van der Waals surface area contributed by atoms with Crippen molar-refractivity contribution in [2.45, 2.75) is 12.0 Å². The number of rotatable bonds is 4. The molecular formula is C12H11NO5S. The molecule has 0 saturated carbocycles. The molecule has 0 aliphatic rings. The van der Waals surface area contributed by atoms with Gasteiger partial charge in [-0.25, -0.2) is 4.79 Å². The molecule has 1 aromatic heterocycles. The Morgan fingerprint density at radius 2 is 1.79 bits per heavy atom. The van der Waals surface area contributed by atoms with Crippen molar-refractivity contribution in [3.63, 3.8) is 0 Å². The van der Waals surface area contributed by atoms with Crippen molar-refractivity contribution in [2.75, 3.05) is 4.72 Å². The number of furan rings is 1. The van der Waals surface area contributed by atoms with Crippen LogP contribution in [-0.4, -0.2) is 19.5 Å². The van der Waals surface area contributed by atoms with Crippen LogP contribution in [0.25, 0.3) is 0 Å². The summed E-state index contributed by atoms with van der Waals surface area (Å²) in [6.45, 7) is 1.88. The Morgan fingerprint density at radius 3 is 2.32 bits per heavy atom. The molecule has 0 saturated heterocycles. The first kappa shape index (κ1) is 13.2. The van der Waals surface area contributed by atoms with Crippen LogP contribution in [0, 0.1) is 6.92 Å². The molecule has 7 heteroatoms. The average Bonchev–Trinajstić information content (AvgIpc) is 2.82. The number of nitrogens with one attached hydrogen (secondary N) is 1. The van der Waals surface area contributed by atoms with E-state index in [1.54, 1.807) is 24.3 Å². The Labute approximate surface area is 109 Å². The summed E-state index contributed by atoms with van der Waals surface area (Å²) in [5, 5.41) is 8.24. The van der Waals surface area contributed by atoms with Gasteiger partial charge in [0.05, 0.1) is 0 Å². The van der Waals surface area contributed by atoms with Gasteiger partial charge >= 0.3 is 5.97 Å². The molecule has 19 heavy (non-hydrogen) atoms. The lowest BCUT2D eigenvalue weighted by atomic mass is 10.2. The summed E-state index contributed by atoms with van der Waals surface area (Å²) in [6.07, 6.45) is 0. The van der Waals surface area contributed by atoms with Gasteiger partial charge in [-0.3, -0.25) is 4.72 Å². The van der Waals surface area contributed by atoms with Crippen LogP contribution < -0.4 is 4.72 Å². The molecule has 2 aromatic rings. The highest BCUT2D eigenvalue weighted by Gasteiger charge is 2.20. The third kappa shape index (κ3) is 2.94. The first-order valence-electron chi connectivity index (χ1n) is 5.31. The van der Waals surface area contributed by atoms with Crippen molar-refractivity contribution < 1.29 is 22.7 Å². The summed E-state index contributed by atoms with van der Waals surface area (Å²) in [7, 11) is -3.92. The molecule has 1 aromatic carbocycles. The Hall–Kier alpha value is -2.28. The van der Waals surface area contributed by atoms with E-state index in [-0.39, 0.29) is 0 Å². The number of aromatic carboxylic acids is 1. The molecule has 6 nitrogen and oxygen atoms in total. The highest BCUT2D eigenvalue weighted by atomic mass is 32.2. The van der Waals surface area contributed by atoms with Crippen molar-refractivity contribution in [1.82, 2.24) is 0 Å². The largest absolute Gasteiger partial charge is 0.475 e. The summed E-state index contributed by atoms with van der Waals surface area (Å²) in [6, 6.07) is 8.90. The average molecular weight is 281 g/mol. The Morgan fingerprint density at radius 1 is 1.16 bits per heavy atom. The molecular weight excluding hydrogens is 270 g/mol. The summed E-state index contributed by atoms with van der Waals surface area (Å²) >= 11 is 0. The van der Waals surface area contributed by atoms with Crippen LogP contribution in [0.3, 0.4) is 0 Å². The van der Waals surface area contributed by atoms with Crippen molar-refractivity contribution >= 4 is 21.7 Å². The van der Waals surface area contributed by atoms with E-state index in [4.69, 9.17) is 9.52 Å². The number of aryl methyl sites for hydroxylation is 1. The summed E-state index contributed by atoms with van der Waals surface area (Å²) in [5.41, 5.74) is 1.37. The van der Waals surface area contributed by atoms with Gasteiger partial charge in [0.15, 0.2) is 0 Å². The monoisotopic (exact) mass is 281 g/mol. The number of benzene rings is 1. The Kier molecular flexibility index (Phi) is 3.30. The standard InChI is InChI=1S/C12H11NO5S/c1-8-2-4-9(5-3-8)13-19(16,17)11-7-6-10(18-11)12(14)15/h2-7,13H,1H3,(H,14,15). The molecule has 0 aliphatic heterocycles. The highest BCUT2D eigenvalue weighted by Crippen LogP contribution is 2.18. The second-order valence-electron chi connectivity index (χ2n) is 3.90. The predicted molar refractivity (Wildman–Crippen MR) is 67.7 cm³/mol. The van der Waals surface area contributed by atoms with E-state index in [0.717, 1.165) is 17.7 Å². The van der Waals surface area contributed by atoms with Gasteiger partial charge < -0.3 is 9.52 Å². The topological polar surface area (TPSA) is 96.6 Å². The van der Waals surface area contributed by atoms with E-state index in [0.29, 0.717) is 5.69 Å². The van der Waals surface area contributed by atoms with E-state index in [1.165, 1.54) is 0 Å². The smallest absolute Gasteiger partial charge is 0.371 e. The zero-order chi connectivity index (χ0) is 14.0. The minimum atomic E-state index is -3.92. The van der Waals surface area contributed by atoms with Crippen LogP contribution >= 0.6 is 0 Å². The van der Waals surface area contributed by atoms with Crippen LogP contribution in [0.4, 0.5) is 5.69 Å². The fourth-order valence-corrected chi connectivity index (χ4v) is 2.40. The minimum Gasteiger partial charge on any atom is -0.475 e. The van der Waals surface area contributed by atoms with Crippen LogP contribution in [0.5, 0.6) is 0 Å². The Bertz CT molecular complexity index is 700. The van der Waals surface area contributed by atoms with E-state index >= 15 is 0 Å². The van der Waals surface area contributed by atoms with E-state index < -0.39 is 26.8 Å². The van der Waals surface area contributed by atoms with Gasteiger partial charge in [0.2, 0.25) is 10.9 Å². The summed E-state index contributed by atoms with van der Waals surface area (Å²) in [4.78, 5) is 10.6. The van der Waals surface area contributed by atoms with Crippen LogP contribution in [-0.2, 0) is 10.0 Å². The Balaban J connectivity index is 2.26. The van der Waals surface area contributed by atoms with Crippen molar-refractivity contribution in [3.8, 4) is 0 Å². The molecule has 2 rings (SSSR count). The molecule has 100 valence electrons. The molecule has 0 radical (unpaired) electrons. The molecule has 0 bridgehead atoms. The fraction of sp³-hybridized carbons (Fsp3) is 0.0833. The second kappa shape index (κ2) is 4.77. The fourth-order valence-electron chi connectivity index (χ4n) is 1.41. The molecule has 0 amide bonds. The molecule has 1 heterocycles.